The van der Waals surface area contributed by atoms with Gasteiger partial charge in [-0.3, -0.25) is 4.72 Å². The first-order valence-corrected chi connectivity index (χ1v) is 8.19. The van der Waals surface area contributed by atoms with E-state index in [0.717, 1.165) is 0 Å². The third-order valence-corrected chi connectivity index (χ3v) is 5.28. The molecule has 0 unspecified atom stereocenters. The third-order valence-electron chi connectivity index (χ3n) is 2.24. The Morgan fingerprint density at radius 1 is 1.33 bits per heavy atom. The minimum absolute atomic E-state index is 0.128. The van der Waals surface area contributed by atoms with Crippen LogP contribution in [0.3, 0.4) is 0 Å². The monoisotopic (exact) mass is 347 g/mol. The molecular weight excluding hydrogens is 338 g/mol. The number of halogens is 1. The van der Waals surface area contributed by atoms with Crippen molar-refractivity contribution in [3.8, 4) is 0 Å². The standard InChI is InChI=1S/C11H10BrNO3S2/c12-10-5-8(6-14)1-2-11(10)18(15,16)13-9-3-4-17-7-9/h1-5,7,13-14H,6H2. The molecule has 2 N–H and O–H groups in total. The van der Waals surface area contributed by atoms with E-state index in [1.807, 2.05) is 0 Å². The van der Waals surface area contributed by atoms with Crippen LogP contribution in [0.4, 0.5) is 5.69 Å². The lowest BCUT2D eigenvalue weighted by Gasteiger charge is -2.09. The van der Waals surface area contributed by atoms with Crippen molar-refractivity contribution in [3.05, 3.63) is 45.1 Å². The number of sulfonamides is 1. The molecule has 0 aliphatic heterocycles. The van der Waals surface area contributed by atoms with Gasteiger partial charge in [0, 0.05) is 9.85 Å². The normalized spacial score (nSPS) is 11.4. The van der Waals surface area contributed by atoms with Gasteiger partial charge in [-0.05, 0) is 45.1 Å². The molecule has 0 fully saturated rings. The van der Waals surface area contributed by atoms with Crippen LogP contribution in [0.2, 0.25) is 0 Å². The number of nitrogens with one attached hydrogen (secondary N) is 1. The van der Waals surface area contributed by atoms with Crippen molar-refractivity contribution in [2.75, 3.05) is 4.72 Å². The van der Waals surface area contributed by atoms with Crippen molar-refractivity contribution in [1.82, 2.24) is 0 Å². The minimum atomic E-state index is -3.61. The smallest absolute Gasteiger partial charge is 0.263 e. The van der Waals surface area contributed by atoms with Gasteiger partial charge in [-0.2, -0.15) is 11.3 Å². The van der Waals surface area contributed by atoms with E-state index in [0.29, 0.717) is 15.7 Å². The van der Waals surface area contributed by atoms with E-state index in [-0.39, 0.29) is 11.5 Å². The summed E-state index contributed by atoms with van der Waals surface area (Å²) >= 11 is 4.61. The first-order valence-electron chi connectivity index (χ1n) is 4.97. The quantitative estimate of drug-likeness (QED) is 0.893. The van der Waals surface area contributed by atoms with Gasteiger partial charge in [0.2, 0.25) is 0 Å². The van der Waals surface area contributed by atoms with Crippen LogP contribution < -0.4 is 4.72 Å². The molecule has 18 heavy (non-hydrogen) atoms. The Labute approximate surface area is 117 Å². The summed E-state index contributed by atoms with van der Waals surface area (Å²) in [6, 6.07) is 6.32. The predicted molar refractivity (Wildman–Crippen MR) is 75.2 cm³/mol. The number of thiophene rings is 1. The van der Waals surface area contributed by atoms with Crippen LogP contribution in [0.5, 0.6) is 0 Å². The van der Waals surface area contributed by atoms with Crippen molar-refractivity contribution in [3.63, 3.8) is 0 Å². The summed E-state index contributed by atoms with van der Waals surface area (Å²) in [7, 11) is -3.61. The molecule has 7 heteroatoms. The number of hydrogen-bond donors (Lipinski definition) is 2. The number of aliphatic hydroxyl groups is 1. The van der Waals surface area contributed by atoms with E-state index in [1.54, 1.807) is 29.0 Å². The highest BCUT2D eigenvalue weighted by Gasteiger charge is 2.18. The lowest BCUT2D eigenvalue weighted by Crippen LogP contribution is -2.13. The number of rotatable bonds is 4. The molecule has 4 nitrogen and oxygen atoms in total. The summed E-state index contributed by atoms with van der Waals surface area (Å²) < 4.78 is 27.2. The zero-order chi connectivity index (χ0) is 13.2. The van der Waals surface area contributed by atoms with E-state index >= 15 is 0 Å². The summed E-state index contributed by atoms with van der Waals surface area (Å²) in [6.45, 7) is -0.128. The van der Waals surface area contributed by atoms with Crippen LogP contribution in [-0.4, -0.2) is 13.5 Å². The van der Waals surface area contributed by atoms with Crippen LogP contribution in [0.1, 0.15) is 5.56 Å². The van der Waals surface area contributed by atoms with Gasteiger partial charge in [-0.25, -0.2) is 8.42 Å². The van der Waals surface area contributed by atoms with Gasteiger partial charge in [-0.15, -0.1) is 0 Å². The average Bonchev–Trinajstić information content (AvgIpc) is 2.80. The molecular formula is C11H10BrNO3S2. The first kappa shape index (κ1) is 13.5. The van der Waals surface area contributed by atoms with Crippen molar-refractivity contribution in [1.29, 1.82) is 0 Å². The van der Waals surface area contributed by atoms with Crippen molar-refractivity contribution < 1.29 is 13.5 Å². The zero-order valence-corrected chi connectivity index (χ0v) is 12.3. The lowest BCUT2D eigenvalue weighted by molar-refractivity contribution is 0.281. The van der Waals surface area contributed by atoms with Crippen LogP contribution in [-0.2, 0) is 16.6 Å². The van der Waals surface area contributed by atoms with Gasteiger partial charge in [0.15, 0.2) is 0 Å². The lowest BCUT2D eigenvalue weighted by atomic mass is 10.2. The van der Waals surface area contributed by atoms with Gasteiger partial charge < -0.3 is 5.11 Å². The minimum Gasteiger partial charge on any atom is -0.392 e. The van der Waals surface area contributed by atoms with Gasteiger partial charge >= 0.3 is 0 Å². The topological polar surface area (TPSA) is 66.4 Å². The van der Waals surface area contributed by atoms with Crippen molar-refractivity contribution >= 4 is 43.0 Å². The Hall–Kier alpha value is -0.890. The van der Waals surface area contributed by atoms with Gasteiger partial charge in [-0.1, -0.05) is 6.07 Å². The van der Waals surface area contributed by atoms with Crippen LogP contribution in [0.25, 0.3) is 0 Å². The fraction of sp³-hybridized carbons (Fsp3) is 0.0909. The average molecular weight is 348 g/mol. The number of benzene rings is 1. The molecule has 96 valence electrons. The van der Waals surface area contributed by atoms with Gasteiger partial charge in [0.25, 0.3) is 10.0 Å². The molecule has 0 aliphatic carbocycles. The molecule has 0 spiro atoms. The second-order valence-corrected chi connectivity index (χ2v) is 6.83. The highest BCUT2D eigenvalue weighted by Crippen LogP contribution is 2.26. The van der Waals surface area contributed by atoms with Crippen LogP contribution >= 0.6 is 27.3 Å². The molecule has 0 amide bonds. The zero-order valence-electron chi connectivity index (χ0n) is 9.13. The molecule has 0 saturated heterocycles. The van der Waals surface area contributed by atoms with E-state index < -0.39 is 10.0 Å². The predicted octanol–water partition coefficient (Wildman–Crippen LogP) is 2.80. The molecule has 1 heterocycles. The van der Waals surface area contributed by atoms with E-state index in [9.17, 15) is 8.42 Å². The second-order valence-electron chi connectivity index (χ2n) is 3.54. The summed E-state index contributed by atoms with van der Waals surface area (Å²) in [5.74, 6) is 0. The van der Waals surface area contributed by atoms with Crippen molar-refractivity contribution in [2.24, 2.45) is 0 Å². The molecule has 2 aromatic rings. The van der Waals surface area contributed by atoms with Crippen LogP contribution in [0, 0.1) is 0 Å². The van der Waals surface area contributed by atoms with Gasteiger partial charge in [0.1, 0.15) is 4.90 Å². The third kappa shape index (κ3) is 2.92. The van der Waals surface area contributed by atoms with Crippen LogP contribution in [0.15, 0.2) is 44.4 Å². The second kappa shape index (κ2) is 5.40. The summed E-state index contributed by atoms with van der Waals surface area (Å²) in [4.78, 5) is 0.144. The Morgan fingerprint density at radius 3 is 2.67 bits per heavy atom. The SMILES string of the molecule is O=S(=O)(Nc1ccsc1)c1ccc(CO)cc1Br. The molecule has 1 aromatic heterocycles. The van der Waals surface area contributed by atoms with Gasteiger partial charge in [0.05, 0.1) is 12.3 Å². The fourth-order valence-electron chi connectivity index (χ4n) is 1.39. The maximum Gasteiger partial charge on any atom is 0.263 e. The van der Waals surface area contributed by atoms with E-state index in [4.69, 9.17) is 5.11 Å². The highest BCUT2D eigenvalue weighted by molar-refractivity contribution is 9.10. The Morgan fingerprint density at radius 2 is 2.11 bits per heavy atom. The Kier molecular flexibility index (Phi) is 4.06. The maximum absolute atomic E-state index is 12.1. The summed E-state index contributed by atoms with van der Waals surface area (Å²) in [6.07, 6.45) is 0. The summed E-state index contributed by atoms with van der Waals surface area (Å²) in [5.41, 5.74) is 1.19. The maximum atomic E-state index is 12.1. The molecule has 1 aromatic carbocycles. The Bertz CT molecular complexity index is 638. The number of hydrogen-bond acceptors (Lipinski definition) is 4. The summed E-state index contributed by atoms with van der Waals surface area (Å²) in [5, 5.41) is 12.5. The Balaban J connectivity index is 2.35. The molecule has 0 saturated carbocycles. The molecule has 2 rings (SSSR count). The molecule has 0 radical (unpaired) electrons. The van der Waals surface area contributed by atoms with E-state index in [2.05, 4.69) is 20.7 Å². The van der Waals surface area contributed by atoms with Crippen molar-refractivity contribution in [2.45, 2.75) is 11.5 Å². The van der Waals surface area contributed by atoms with E-state index in [1.165, 1.54) is 17.4 Å². The molecule has 0 atom stereocenters. The number of anilines is 1. The number of aliphatic hydroxyl groups excluding tert-OH is 1. The largest absolute Gasteiger partial charge is 0.392 e. The first-order chi connectivity index (χ1) is 8.53. The highest BCUT2D eigenvalue weighted by atomic mass is 79.9. The fourth-order valence-corrected chi connectivity index (χ4v) is 4.23. The molecule has 0 bridgehead atoms. The molecule has 0 aliphatic rings.